The molecule has 1 aromatic heterocycles. The molecule has 0 bridgehead atoms. The van der Waals surface area contributed by atoms with Crippen LogP contribution in [0.5, 0.6) is 5.88 Å². The minimum atomic E-state index is -0.295. The number of aromatic nitrogens is 1. The molecule has 72 valence electrons. The van der Waals surface area contributed by atoms with Crippen molar-refractivity contribution in [2.45, 2.75) is 13.8 Å². The van der Waals surface area contributed by atoms with Crippen molar-refractivity contribution in [1.29, 1.82) is 0 Å². The Hall–Kier alpha value is -1.52. The van der Waals surface area contributed by atoms with E-state index >= 15 is 0 Å². The second-order valence-corrected chi connectivity index (χ2v) is 2.45. The average Bonchev–Trinajstić information content (AvgIpc) is 2.48. The summed E-state index contributed by atoms with van der Waals surface area (Å²) in [7, 11) is 1.53. The molecule has 0 fully saturated rings. The van der Waals surface area contributed by atoms with Crippen molar-refractivity contribution < 1.29 is 14.1 Å². The fourth-order valence-corrected chi connectivity index (χ4v) is 0.918. The molecule has 0 unspecified atom stereocenters. The summed E-state index contributed by atoms with van der Waals surface area (Å²) in [4.78, 5) is 11.2. The number of hydrogen-bond acceptors (Lipinski definition) is 4. The van der Waals surface area contributed by atoms with Gasteiger partial charge in [-0.25, -0.2) is 0 Å². The first-order valence-corrected chi connectivity index (χ1v) is 4.01. The van der Waals surface area contributed by atoms with Gasteiger partial charge in [0.1, 0.15) is 0 Å². The number of carbonyl (C=O) groups excluding carboxylic acids is 1. The van der Waals surface area contributed by atoms with Gasteiger partial charge in [-0.2, -0.15) is 0 Å². The molecular formula is C8H12N2O3. The Balaban J connectivity index is 2.92. The van der Waals surface area contributed by atoms with Crippen molar-refractivity contribution in [3.05, 3.63) is 11.3 Å². The predicted octanol–water partition coefficient (Wildman–Crippen LogP) is 0.741. The highest BCUT2D eigenvalue weighted by molar-refractivity contribution is 5.92. The minimum absolute atomic E-state index is 0.200. The topological polar surface area (TPSA) is 64.4 Å². The maximum Gasteiger partial charge on any atom is 0.290 e. The lowest BCUT2D eigenvalue weighted by Gasteiger charge is -1.97. The number of amides is 1. The van der Waals surface area contributed by atoms with E-state index in [4.69, 9.17) is 9.26 Å². The Kier molecular flexibility index (Phi) is 2.89. The van der Waals surface area contributed by atoms with Crippen LogP contribution < -0.4 is 10.1 Å². The van der Waals surface area contributed by atoms with Gasteiger partial charge < -0.3 is 14.6 Å². The molecule has 5 heteroatoms. The van der Waals surface area contributed by atoms with Crippen molar-refractivity contribution in [3.8, 4) is 5.88 Å². The molecule has 0 saturated carbocycles. The molecule has 5 nitrogen and oxygen atoms in total. The molecule has 1 N–H and O–H groups in total. The standard InChI is InChI=1S/C8H12N2O3/c1-4-12-8-5(2)6(13-10-8)7(11)9-3/h4H2,1-3H3,(H,9,11). The van der Waals surface area contributed by atoms with Gasteiger partial charge in [0, 0.05) is 7.05 Å². The van der Waals surface area contributed by atoms with Crippen molar-refractivity contribution in [2.24, 2.45) is 0 Å². The normalized spacial score (nSPS) is 9.77. The van der Waals surface area contributed by atoms with E-state index in [1.165, 1.54) is 7.05 Å². The molecule has 0 radical (unpaired) electrons. The van der Waals surface area contributed by atoms with Gasteiger partial charge in [-0.3, -0.25) is 4.79 Å². The number of hydrogen-bond donors (Lipinski definition) is 1. The number of nitrogens with one attached hydrogen (secondary N) is 1. The molecule has 0 aliphatic carbocycles. The van der Waals surface area contributed by atoms with E-state index in [1.807, 2.05) is 6.92 Å². The largest absolute Gasteiger partial charge is 0.476 e. The van der Waals surface area contributed by atoms with Crippen molar-refractivity contribution in [2.75, 3.05) is 13.7 Å². The quantitative estimate of drug-likeness (QED) is 0.752. The first-order chi connectivity index (χ1) is 6.20. The molecule has 0 aliphatic heterocycles. The summed E-state index contributed by atoms with van der Waals surface area (Å²) >= 11 is 0. The van der Waals surface area contributed by atoms with Crippen LogP contribution >= 0.6 is 0 Å². The molecule has 1 rings (SSSR count). The Morgan fingerprint density at radius 2 is 2.38 bits per heavy atom. The van der Waals surface area contributed by atoms with E-state index in [0.29, 0.717) is 18.1 Å². The smallest absolute Gasteiger partial charge is 0.290 e. The number of carbonyl (C=O) groups is 1. The molecular weight excluding hydrogens is 172 g/mol. The van der Waals surface area contributed by atoms with Crippen LogP contribution in [0, 0.1) is 6.92 Å². The van der Waals surface area contributed by atoms with Crippen LogP contribution in [0.15, 0.2) is 4.52 Å². The van der Waals surface area contributed by atoms with Gasteiger partial charge in [0.15, 0.2) is 0 Å². The van der Waals surface area contributed by atoms with E-state index in [-0.39, 0.29) is 11.7 Å². The summed E-state index contributed by atoms with van der Waals surface area (Å²) in [6.45, 7) is 4.07. The molecule has 1 aromatic rings. The molecule has 0 aliphatic rings. The van der Waals surface area contributed by atoms with Gasteiger partial charge in [0.2, 0.25) is 5.76 Å². The summed E-state index contributed by atoms with van der Waals surface area (Å²) in [6, 6.07) is 0. The van der Waals surface area contributed by atoms with Crippen LogP contribution in [0.3, 0.4) is 0 Å². The molecule has 13 heavy (non-hydrogen) atoms. The Bertz CT molecular complexity index is 306. The zero-order valence-electron chi connectivity index (χ0n) is 7.88. The zero-order chi connectivity index (χ0) is 9.84. The highest BCUT2D eigenvalue weighted by atomic mass is 16.5. The first kappa shape index (κ1) is 9.57. The lowest BCUT2D eigenvalue weighted by Crippen LogP contribution is -2.17. The summed E-state index contributed by atoms with van der Waals surface area (Å²) in [5, 5.41) is 6.07. The van der Waals surface area contributed by atoms with Gasteiger partial charge >= 0.3 is 0 Å². The maximum atomic E-state index is 11.2. The molecule has 0 atom stereocenters. The lowest BCUT2D eigenvalue weighted by atomic mass is 10.3. The molecule has 0 spiro atoms. The van der Waals surface area contributed by atoms with Crippen LogP contribution in [-0.2, 0) is 0 Å². The molecule has 0 aromatic carbocycles. The Morgan fingerprint density at radius 1 is 1.69 bits per heavy atom. The maximum absolute atomic E-state index is 11.2. The Labute approximate surface area is 76.0 Å². The summed E-state index contributed by atoms with van der Waals surface area (Å²) in [5.41, 5.74) is 0.626. The van der Waals surface area contributed by atoms with Gasteiger partial charge in [-0.15, -0.1) is 0 Å². The van der Waals surface area contributed by atoms with E-state index < -0.39 is 0 Å². The minimum Gasteiger partial charge on any atom is -0.476 e. The van der Waals surface area contributed by atoms with Gasteiger partial charge in [0.05, 0.1) is 12.2 Å². The van der Waals surface area contributed by atoms with E-state index in [1.54, 1.807) is 6.92 Å². The van der Waals surface area contributed by atoms with E-state index in [2.05, 4.69) is 10.5 Å². The van der Waals surface area contributed by atoms with Crippen molar-refractivity contribution in [1.82, 2.24) is 10.5 Å². The second kappa shape index (κ2) is 3.93. The van der Waals surface area contributed by atoms with Crippen LogP contribution in [0.4, 0.5) is 0 Å². The van der Waals surface area contributed by atoms with Crippen molar-refractivity contribution >= 4 is 5.91 Å². The fourth-order valence-electron chi connectivity index (χ4n) is 0.918. The van der Waals surface area contributed by atoms with Crippen LogP contribution in [0.2, 0.25) is 0 Å². The van der Waals surface area contributed by atoms with E-state index in [9.17, 15) is 4.79 Å². The van der Waals surface area contributed by atoms with Crippen LogP contribution in [-0.4, -0.2) is 24.7 Å². The third-order valence-corrected chi connectivity index (χ3v) is 1.60. The monoisotopic (exact) mass is 184 g/mol. The number of rotatable bonds is 3. The second-order valence-electron chi connectivity index (χ2n) is 2.45. The average molecular weight is 184 g/mol. The lowest BCUT2D eigenvalue weighted by molar-refractivity contribution is 0.0925. The van der Waals surface area contributed by atoms with E-state index in [0.717, 1.165) is 0 Å². The number of nitrogens with zero attached hydrogens (tertiary/aromatic N) is 1. The summed E-state index contributed by atoms with van der Waals surface area (Å²) < 4.78 is 9.94. The highest BCUT2D eigenvalue weighted by Crippen LogP contribution is 2.19. The summed E-state index contributed by atoms with van der Waals surface area (Å²) in [5.74, 6) is 0.281. The third kappa shape index (κ3) is 1.80. The number of ether oxygens (including phenoxy) is 1. The molecule has 1 amide bonds. The third-order valence-electron chi connectivity index (χ3n) is 1.60. The summed E-state index contributed by atoms with van der Waals surface area (Å²) in [6.07, 6.45) is 0. The van der Waals surface area contributed by atoms with Gasteiger partial charge in [-0.1, -0.05) is 0 Å². The first-order valence-electron chi connectivity index (χ1n) is 4.01. The van der Waals surface area contributed by atoms with Crippen LogP contribution in [0.1, 0.15) is 23.0 Å². The SMILES string of the molecule is CCOc1noc(C(=O)NC)c1C. The molecule has 0 saturated heterocycles. The highest BCUT2D eigenvalue weighted by Gasteiger charge is 2.18. The van der Waals surface area contributed by atoms with Gasteiger partial charge in [0.25, 0.3) is 11.8 Å². The predicted molar refractivity (Wildman–Crippen MR) is 45.8 cm³/mol. The van der Waals surface area contributed by atoms with Crippen molar-refractivity contribution in [3.63, 3.8) is 0 Å². The fraction of sp³-hybridized carbons (Fsp3) is 0.500. The Morgan fingerprint density at radius 3 is 2.92 bits per heavy atom. The van der Waals surface area contributed by atoms with Gasteiger partial charge in [-0.05, 0) is 19.0 Å². The zero-order valence-corrected chi connectivity index (χ0v) is 7.88. The van der Waals surface area contributed by atoms with Crippen LogP contribution in [0.25, 0.3) is 0 Å². The molecule has 1 heterocycles.